The van der Waals surface area contributed by atoms with Crippen LogP contribution in [0.15, 0.2) is 128 Å². The molecule has 0 saturated carbocycles. The Hall–Kier alpha value is -5.57. The topological polar surface area (TPSA) is 66.4 Å². The summed E-state index contributed by atoms with van der Waals surface area (Å²) in [6.07, 6.45) is 4.23. The van der Waals surface area contributed by atoms with Gasteiger partial charge in [-0.25, -0.2) is 0 Å². The molecule has 1 aromatic heterocycles. The second-order valence-corrected chi connectivity index (χ2v) is 11.7. The maximum Gasteiger partial charge on any atom is 0.416 e. The van der Waals surface area contributed by atoms with E-state index in [-0.39, 0.29) is 18.9 Å². The van der Waals surface area contributed by atoms with Crippen LogP contribution in [0.2, 0.25) is 0 Å². The highest BCUT2D eigenvalue weighted by Gasteiger charge is 2.34. The van der Waals surface area contributed by atoms with Crippen LogP contribution in [0.5, 0.6) is 0 Å². The molecule has 0 bridgehead atoms. The summed E-state index contributed by atoms with van der Waals surface area (Å²) < 4.78 is 39.4. The largest absolute Gasteiger partial charge is 0.416 e. The summed E-state index contributed by atoms with van der Waals surface area (Å²) in [5, 5.41) is 0. The number of aromatic nitrogens is 2. The summed E-state index contributed by atoms with van der Waals surface area (Å²) in [6, 6.07) is 29.0. The van der Waals surface area contributed by atoms with Crippen LogP contribution in [0.1, 0.15) is 33.4 Å². The fourth-order valence-corrected chi connectivity index (χ4v) is 5.88. The Morgan fingerprint density at radius 2 is 1.54 bits per heavy atom. The molecule has 1 atom stereocenters. The summed E-state index contributed by atoms with van der Waals surface area (Å²) in [4.78, 5) is 40.5. The fraction of sp³-hybridized carbons (Fsp3) is 0.179. The van der Waals surface area contributed by atoms with Crippen LogP contribution in [0.4, 0.5) is 13.2 Å². The van der Waals surface area contributed by atoms with E-state index < -0.39 is 23.7 Å². The van der Waals surface area contributed by atoms with Crippen molar-refractivity contribution in [3.8, 4) is 11.3 Å². The molecule has 0 unspecified atom stereocenters. The number of hydrogen-bond donors (Lipinski definition) is 0. The maximum atomic E-state index is 14.5. The Bertz CT molecular complexity index is 1880. The molecular weight excluding hydrogens is 613 g/mol. The highest BCUT2D eigenvalue weighted by atomic mass is 19.4. The van der Waals surface area contributed by atoms with Crippen LogP contribution in [-0.2, 0) is 41.7 Å². The minimum Gasteiger partial charge on any atom is -0.336 e. The highest BCUT2D eigenvalue weighted by Crippen LogP contribution is 2.29. The van der Waals surface area contributed by atoms with E-state index in [1.54, 1.807) is 23.5 Å². The van der Waals surface area contributed by atoms with Crippen molar-refractivity contribution < 1.29 is 22.8 Å². The molecule has 4 aromatic carbocycles. The predicted octanol–water partition coefficient (Wildman–Crippen LogP) is 7.40. The fourth-order valence-electron chi connectivity index (χ4n) is 5.88. The maximum absolute atomic E-state index is 14.5. The first kappa shape index (κ1) is 32.4. The Morgan fingerprint density at radius 3 is 2.23 bits per heavy atom. The highest BCUT2D eigenvalue weighted by molar-refractivity contribution is 5.96. The van der Waals surface area contributed by atoms with E-state index in [4.69, 9.17) is 0 Å². The number of nitrogens with zero attached hydrogens (tertiary/aromatic N) is 4. The first-order valence-electron chi connectivity index (χ1n) is 15.7. The monoisotopic (exact) mass is 646 g/mol. The minimum absolute atomic E-state index is 0.130. The first-order chi connectivity index (χ1) is 23.2. The molecule has 0 N–H and O–H groups in total. The van der Waals surface area contributed by atoms with E-state index in [2.05, 4.69) is 16.0 Å². The summed E-state index contributed by atoms with van der Waals surface area (Å²) >= 11 is 0. The first-order valence-corrected chi connectivity index (χ1v) is 15.7. The minimum atomic E-state index is -4.46. The van der Waals surface area contributed by atoms with E-state index in [1.165, 1.54) is 29.8 Å². The van der Waals surface area contributed by atoms with Gasteiger partial charge in [0.2, 0.25) is 11.8 Å². The van der Waals surface area contributed by atoms with E-state index in [0.717, 1.165) is 34.4 Å². The van der Waals surface area contributed by atoms with Gasteiger partial charge in [0.05, 0.1) is 17.5 Å². The zero-order valence-corrected chi connectivity index (χ0v) is 26.1. The lowest BCUT2D eigenvalue weighted by atomic mass is 9.97. The molecule has 5 aromatic rings. The Balaban J connectivity index is 1.34. The van der Waals surface area contributed by atoms with E-state index in [9.17, 15) is 22.8 Å². The van der Waals surface area contributed by atoms with Crippen molar-refractivity contribution in [3.63, 3.8) is 0 Å². The van der Waals surface area contributed by atoms with E-state index >= 15 is 0 Å². The number of halogens is 3. The molecule has 6 rings (SSSR count). The van der Waals surface area contributed by atoms with Crippen molar-refractivity contribution in [1.29, 1.82) is 0 Å². The van der Waals surface area contributed by atoms with Crippen LogP contribution in [0.3, 0.4) is 0 Å². The Kier molecular flexibility index (Phi) is 9.75. The lowest BCUT2D eigenvalue weighted by Gasteiger charge is -2.37. The zero-order chi connectivity index (χ0) is 33.5. The number of amides is 2. The van der Waals surface area contributed by atoms with Gasteiger partial charge in [0.1, 0.15) is 6.04 Å². The van der Waals surface area contributed by atoms with Gasteiger partial charge in [0, 0.05) is 50.1 Å². The molecule has 2 amide bonds. The molecule has 1 aliphatic heterocycles. The van der Waals surface area contributed by atoms with E-state index in [1.807, 2.05) is 77.7 Å². The SMILES string of the molecule is O=C([C@H](Cc1ccccc1)N(Cc1ccc(-c2cnccn2)cc1)C(=O)/C=C/c1ccc(C(F)(F)F)cc1)N1CCc2ccccc2C1. The molecule has 242 valence electrons. The summed E-state index contributed by atoms with van der Waals surface area (Å²) in [6.45, 7) is 1.10. The molecular formula is C39H33F3N4O2. The number of fused-ring (bicyclic) bond motifs is 1. The van der Waals surface area contributed by atoms with Crippen molar-refractivity contribution in [1.82, 2.24) is 19.8 Å². The van der Waals surface area contributed by atoms with Crippen LogP contribution >= 0.6 is 0 Å². The summed E-state index contributed by atoms with van der Waals surface area (Å²) in [5.41, 5.74) is 5.21. The van der Waals surface area contributed by atoms with Crippen molar-refractivity contribution in [3.05, 3.63) is 161 Å². The molecule has 0 spiro atoms. The normalized spacial score (nSPS) is 13.6. The summed E-state index contributed by atoms with van der Waals surface area (Å²) in [5.74, 6) is -0.597. The van der Waals surface area contributed by atoms with Gasteiger partial charge < -0.3 is 9.80 Å². The number of carbonyl (C=O) groups excluding carboxylic acids is 2. The second kappa shape index (κ2) is 14.5. The van der Waals surface area contributed by atoms with E-state index in [0.29, 0.717) is 30.8 Å². The molecule has 1 aliphatic rings. The number of hydrogen-bond acceptors (Lipinski definition) is 4. The Morgan fingerprint density at radius 1 is 0.833 bits per heavy atom. The average molecular weight is 647 g/mol. The third kappa shape index (κ3) is 7.86. The lowest BCUT2D eigenvalue weighted by Crippen LogP contribution is -2.52. The van der Waals surface area contributed by atoms with Gasteiger partial charge in [-0.1, -0.05) is 91.0 Å². The van der Waals surface area contributed by atoms with Gasteiger partial charge in [-0.2, -0.15) is 13.2 Å². The molecule has 48 heavy (non-hydrogen) atoms. The quantitative estimate of drug-likeness (QED) is 0.157. The molecule has 2 heterocycles. The smallest absolute Gasteiger partial charge is 0.336 e. The van der Waals surface area contributed by atoms with Crippen molar-refractivity contribution >= 4 is 17.9 Å². The van der Waals surface area contributed by atoms with Crippen molar-refractivity contribution in [2.24, 2.45) is 0 Å². The van der Waals surface area contributed by atoms with Gasteiger partial charge in [-0.15, -0.1) is 0 Å². The third-order valence-corrected chi connectivity index (χ3v) is 8.48. The second-order valence-electron chi connectivity index (χ2n) is 11.7. The zero-order valence-electron chi connectivity index (χ0n) is 26.1. The van der Waals surface area contributed by atoms with Gasteiger partial charge in [-0.05, 0) is 52.4 Å². The summed E-state index contributed by atoms with van der Waals surface area (Å²) in [7, 11) is 0. The molecule has 9 heteroatoms. The van der Waals surface area contributed by atoms with Crippen molar-refractivity contribution in [2.75, 3.05) is 6.54 Å². The standard InChI is InChI=1S/C39H33F3N4O2/c40-39(41,42)34-17-12-28(13-18-34)14-19-37(47)46(26-30-10-15-32(16-11-30)35-25-43-21-22-44-35)36(24-29-6-2-1-3-7-29)38(48)45-23-20-31-8-4-5-9-33(31)27-45/h1-19,21-22,25,36H,20,23-24,26-27H2/b19-14+/t36-/m0/s1. The van der Waals surface area contributed by atoms with Crippen LogP contribution in [0, 0.1) is 0 Å². The van der Waals surface area contributed by atoms with Gasteiger partial charge in [0.25, 0.3) is 0 Å². The van der Waals surface area contributed by atoms with Crippen molar-refractivity contribution in [2.45, 2.75) is 38.1 Å². The van der Waals surface area contributed by atoms with Crippen LogP contribution in [-0.4, -0.2) is 44.2 Å². The van der Waals surface area contributed by atoms with Gasteiger partial charge >= 0.3 is 6.18 Å². The molecule has 6 nitrogen and oxygen atoms in total. The Labute approximate surface area is 277 Å². The average Bonchev–Trinajstić information content (AvgIpc) is 3.12. The number of rotatable bonds is 9. The molecule has 0 fully saturated rings. The van der Waals surface area contributed by atoms with Crippen LogP contribution in [0.25, 0.3) is 17.3 Å². The van der Waals surface area contributed by atoms with Gasteiger partial charge in [0.15, 0.2) is 0 Å². The molecule has 0 radical (unpaired) electrons. The molecule has 0 aliphatic carbocycles. The molecule has 0 saturated heterocycles. The predicted molar refractivity (Wildman–Crippen MR) is 178 cm³/mol. The number of alkyl halides is 3. The third-order valence-electron chi connectivity index (χ3n) is 8.48. The lowest BCUT2D eigenvalue weighted by molar-refractivity contribution is -0.144. The number of benzene rings is 4. The van der Waals surface area contributed by atoms with Crippen LogP contribution < -0.4 is 0 Å². The number of carbonyl (C=O) groups is 2. The van der Waals surface area contributed by atoms with Gasteiger partial charge in [-0.3, -0.25) is 19.6 Å².